The molecule has 0 amide bonds. The molecular formula is C10H10Cl2O2. The third kappa shape index (κ3) is 2.20. The Hall–Kier alpha value is -0.730. The summed E-state index contributed by atoms with van der Waals surface area (Å²) >= 11 is 11.3. The maximum atomic E-state index is 10.9. The predicted octanol–water partition coefficient (Wildman–Crippen LogP) is 3.17. The average Bonchev–Trinajstić information content (AvgIpc) is 2.16. The fourth-order valence-corrected chi connectivity index (χ4v) is 1.78. The van der Waals surface area contributed by atoms with Crippen molar-refractivity contribution in [2.24, 2.45) is 0 Å². The van der Waals surface area contributed by atoms with Crippen LogP contribution < -0.4 is 0 Å². The molecule has 1 aromatic rings. The molecule has 0 aliphatic rings. The molecular weight excluding hydrogens is 223 g/mol. The van der Waals surface area contributed by atoms with Crippen LogP contribution in [0.1, 0.15) is 27.0 Å². The van der Waals surface area contributed by atoms with Crippen LogP contribution in [0, 0.1) is 6.92 Å². The van der Waals surface area contributed by atoms with Gasteiger partial charge in [0.25, 0.3) is 0 Å². The lowest BCUT2D eigenvalue weighted by molar-refractivity contribution is 0.0696. The minimum atomic E-state index is -0.966. The molecule has 0 fully saturated rings. The van der Waals surface area contributed by atoms with Crippen molar-refractivity contribution < 1.29 is 9.90 Å². The van der Waals surface area contributed by atoms with Crippen molar-refractivity contribution in [3.63, 3.8) is 0 Å². The Morgan fingerprint density at radius 1 is 1.29 bits per heavy atom. The standard InChI is InChI=1S/C10H10Cl2O2/c1-6-2-8(5-12)9(10(13)14)3-7(6)4-11/h2-3H,4-5H2,1H3,(H,13,14). The summed E-state index contributed by atoms with van der Waals surface area (Å²) in [4.78, 5) is 10.9. The molecule has 4 heteroatoms. The van der Waals surface area contributed by atoms with Gasteiger partial charge in [-0.2, -0.15) is 0 Å². The average molecular weight is 233 g/mol. The highest BCUT2D eigenvalue weighted by Gasteiger charge is 2.11. The van der Waals surface area contributed by atoms with Crippen molar-refractivity contribution in [1.82, 2.24) is 0 Å². The van der Waals surface area contributed by atoms with Crippen molar-refractivity contribution in [3.05, 3.63) is 34.4 Å². The van der Waals surface area contributed by atoms with Gasteiger partial charge in [0.15, 0.2) is 0 Å². The fourth-order valence-electron chi connectivity index (χ4n) is 1.27. The Morgan fingerprint density at radius 2 is 1.86 bits per heavy atom. The quantitative estimate of drug-likeness (QED) is 0.814. The lowest BCUT2D eigenvalue weighted by atomic mass is 10.0. The van der Waals surface area contributed by atoms with Crippen molar-refractivity contribution in [2.45, 2.75) is 18.7 Å². The molecule has 0 radical (unpaired) electrons. The van der Waals surface area contributed by atoms with E-state index < -0.39 is 5.97 Å². The van der Waals surface area contributed by atoms with Crippen LogP contribution in [0.3, 0.4) is 0 Å². The van der Waals surface area contributed by atoms with E-state index in [4.69, 9.17) is 28.3 Å². The summed E-state index contributed by atoms with van der Waals surface area (Å²) in [7, 11) is 0. The molecule has 2 nitrogen and oxygen atoms in total. The molecule has 0 saturated carbocycles. The second-order valence-electron chi connectivity index (χ2n) is 3.01. The van der Waals surface area contributed by atoms with E-state index in [1.54, 1.807) is 12.1 Å². The number of aryl methyl sites for hydroxylation is 1. The van der Waals surface area contributed by atoms with Gasteiger partial charge in [-0.1, -0.05) is 6.07 Å². The molecule has 1 N–H and O–H groups in total. The third-order valence-corrected chi connectivity index (χ3v) is 2.66. The minimum Gasteiger partial charge on any atom is -0.478 e. The van der Waals surface area contributed by atoms with Crippen LogP contribution in [0.4, 0.5) is 0 Å². The third-order valence-electron chi connectivity index (χ3n) is 2.08. The maximum absolute atomic E-state index is 10.9. The molecule has 0 aromatic heterocycles. The number of carboxylic acid groups (broad SMARTS) is 1. The van der Waals surface area contributed by atoms with E-state index in [-0.39, 0.29) is 11.4 Å². The van der Waals surface area contributed by atoms with Crippen LogP contribution in [0.2, 0.25) is 0 Å². The summed E-state index contributed by atoms with van der Waals surface area (Å²) in [5.74, 6) is -0.452. The van der Waals surface area contributed by atoms with Crippen molar-refractivity contribution >= 4 is 29.2 Å². The highest BCUT2D eigenvalue weighted by Crippen LogP contribution is 2.20. The van der Waals surface area contributed by atoms with Crippen LogP contribution >= 0.6 is 23.2 Å². The molecule has 0 saturated heterocycles. The number of alkyl halides is 2. The molecule has 14 heavy (non-hydrogen) atoms. The number of hydrogen-bond donors (Lipinski definition) is 1. The zero-order valence-corrected chi connectivity index (χ0v) is 9.19. The van der Waals surface area contributed by atoms with Gasteiger partial charge in [0.1, 0.15) is 0 Å². The van der Waals surface area contributed by atoms with Crippen LogP contribution in [0.5, 0.6) is 0 Å². The Bertz CT molecular complexity index is 361. The monoisotopic (exact) mass is 232 g/mol. The molecule has 0 aliphatic carbocycles. The van der Waals surface area contributed by atoms with Crippen molar-refractivity contribution in [2.75, 3.05) is 0 Å². The number of benzene rings is 1. The van der Waals surface area contributed by atoms with E-state index in [1.807, 2.05) is 6.92 Å². The second-order valence-corrected chi connectivity index (χ2v) is 3.54. The van der Waals surface area contributed by atoms with Gasteiger partial charge in [-0.3, -0.25) is 0 Å². The summed E-state index contributed by atoms with van der Waals surface area (Å²) in [6.07, 6.45) is 0. The van der Waals surface area contributed by atoms with E-state index >= 15 is 0 Å². The zero-order valence-electron chi connectivity index (χ0n) is 7.68. The summed E-state index contributed by atoms with van der Waals surface area (Å²) < 4.78 is 0. The Labute approximate surface area is 92.5 Å². The highest BCUT2D eigenvalue weighted by atomic mass is 35.5. The SMILES string of the molecule is Cc1cc(CCl)c(C(=O)O)cc1CCl. The van der Waals surface area contributed by atoms with Crippen molar-refractivity contribution in [1.29, 1.82) is 0 Å². The van der Waals surface area contributed by atoms with Gasteiger partial charge in [0.2, 0.25) is 0 Å². The van der Waals surface area contributed by atoms with E-state index in [0.29, 0.717) is 11.4 Å². The normalized spacial score (nSPS) is 10.2. The van der Waals surface area contributed by atoms with Gasteiger partial charge in [0.05, 0.1) is 5.56 Å². The van der Waals surface area contributed by atoms with Crippen LogP contribution in [-0.4, -0.2) is 11.1 Å². The fraction of sp³-hybridized carbons (Fsp3) is 0.300. The summed E-state index contributed by atoms with van der Waals surface area (Å²) in [6.45, 7) is 1.89. The molecule has 0 bridgehead atoms. The molecule has 0 spiro atoms. The van der Waals surface area contributed by atoms with Gasteiger partial charge in [-0.25, -0.2) is 4.79 Å². The number of rotatable bonds is 3. The highest BCUT2D eigenvalue weighted by molar-refractivity contribution is 6.18. The molecule has 0 atom stereocenters. The minimum absolute atomic E-state index is 0.199. The first-order valence-electron chi connectivity index (χ1n) is 4.07. The van der Waals surface area contributed by atoms with Crippen LogP contribution in [0.15, 0.2) is 12.1 Å². The first-order chi connectivity index (χ1) is 6.60. The summed E-state index contributed by atoms with van der Waals surface area (Å²) in [5.41, 5.74) is 2.67. The Balaban J connectivity index is 3.32. The maximum Gasteiger partial charge on any atom is 0.336 e. The zero-order chi connectivity index (χ0) is 10.7. The largest absolute Gasteiger partial charge is 0.478 e. The predicted molar refractivity (Wildman–Crippen MR) is 57.3 cm³/mol. The lowest BCUT2D eigenvalue weighted by Gasteiger charge is -2.08. The van der Waals surface area contributed by atoms with Crippen LogP contribution in [0.25, 0.3) is 0 Å². The van der Waals surface area contributed by atoms with Crippen LogP contribution in [-0.2, 0) is 11.8 Å². The van der Waals surface area contributed by atoms with Gasteiger partial charge in [-0.05, 0) is 29.7 Å². The van der Waals surface area contributed by atoms with E-state index in [2.05, 4.69) is 0 Å². The smallest absolute Gasteiger partial charge is 0.336 e. The molecule has 0 unspecified atom stereocenters. The van der Waals surface area contributed by atoms with Crippen molar-refractivity contribution in [3.8, 4) is 0 Å². The molecule has 0 aliphatic heterocycles. The van der Waals surface area contributed by atoms with E-state index in [9.17, 15) is 4.79 Å². The topological polar surface area (TPSA) is 37.3 Å². The summed E-state index contributed by atoms with van der Waals surface area (Å²) in [5, 5.41) is 8.91. The Kier molecular flexibility index (Phi) is 3.78. The lowest BCUT2D eigenvalue weighted by Crippen LogP contribution is -2.03. The second kappa shape index (κ2) is 4.67. The molecule has 0 heterocycles. The van der Waals surface area contributed by atoms with E-state index in [1.165, 1.54) is 0 Å². The molecule has 76 valence electrons. The molecule has 1 aromatic carbocycles. The van der Waals surface area contributed by atoms with E-state index in [0.717, 1.165) is 11.1 Å². The first-order valence-corrected chi connectivity index (χ1v) is 5.14. The van der Waals surface area contributed by atoms with Gasteiger partial charge < -0.3 is 5.11 Å². The number of hydrogen-bond acceptors (Lipinski definition) is 1. The van der Waals surface area contributed by atoms with Gasteiger partial charge in [0, 0.05) is 11.8 Å². The number of carboxylic acids is 1. The number of carbonyl (C=O) groups is 1. The number of aromatic carboxylic acids is 1. The van der Waals surface area contributed by atoms with Gasteiger partial charge in [-0.15, -0.1) is 23.2 Å². The molecule has 1 rings (SSSR count). The summed E-state index contributed by atoms with van der Waals surface area (Å²) in [6, 6.07) is 3.36. The first kappa shape index (κ1) is 11.3. The Morgan fingerprint density at radius 3 is 2.29 bits per heavy atom. The van der Waals surface area contributed by atoms with Gasteiger partial charge >= 0.3 is 5.97 Å². The number of halogens is 2.